The van der Waals surface area contributed by atoms with Gasteiger partial charge in [-0.15, -0.1) is 0 Å². The van der Waals surface area contributed by atoms with Crippen LogP contribution in [-0.4, -0.2) is 24.5 Å². The second-order valence-electron chi connectivity index (χ2n) is 4.13. The van der Waals surface area contributed by atoms with Gasteiger partial charge in [0.15, 0.2) is 0 Å². The minimum absolute atomic E-state index is 0.118. The van der Waals surface area contributed by atoms with E-state index in [0.29, 0.717) is 0 Å². The van der Waals surface area contributed by atoms with Crippen molar-refractivity contribution >= 4 is 0 Å². The zero-order valence-corrected chi connectivity index (χ0v) is 9.13. The molecule has 2 N–H and O–H groups in total. The van der Waals surface area contributed by atoms with Gasteiger partial charge < -0.3 is 5.73 Å². The Morgan fingerprint density at radius 3 is 2.25 bits per heavy atom. The van der Waals surface area contributed by atoms with Crippen molar-refractivity contribution in [3.8, 4) is 0 Å². The van der Waals surface area contributed by atoms with Crippen LogP contribution in [-0.2, 0) is 0 Å². The highest BCUT2D eigenvalue weighted by atomic mass is 19.1. The van der Waals surface area contributed by atoms with Gasteiger partial charge in [0.2, 0.25) is 0 Å². The van der Waals surface area contributed by atoms with Crippen molar-refractivity contribution in [3.05, 3.63) is 35.4 Å². The first-order valence-corrected chi connectivity index (χ1v) is 5.62. The summed E-state index contributed by atoms with van der Waals surface area (Å²) in [6.07, 6.45) is 2.15. The van der Waals surface area contributed by atoms with Crippen LogP contribution in [0, 0.1) is 11.6 Å². The highest BCUT2D eigenvalue weighted by Crippen LogP contribution is 2.28. The van der Waals surface area contributed by atoms with E-state index in [4.69, 9.17) is 5.73 Å². The van der Waals surface area contributed by atoms with E-state index in [-0.39, 0.29) is 18.2 Å². The molecule has 0 bridgehead atoms. The first-order chi connectivity index (χ1) is 7.74. The molecule has 1 aromatic carbocycles. The summed E-state index contributed by atoms with van der Waals surface area (Å²) in [4.78, 5) is 2.06. The van der Waals surface area contributed by atoms with Gasteiger partial charge in [0.05, 0.1) is 6.04 Å². The summed E-state index contributed by atoms with van der Waals surface area (Å²) in [5.74, 6) is -0.996. The van der Waals surface area contributed by atoms with Crippen LogP contribution >= 0.6 is 0 Å². The maximum Gasteiger partial charge on any atom is 0.130 e. The van der Waals surface area contributed by atoms with Crippen molar-refractivity contribution in [1.82, 2.24) is 4.90 Å². The Hall–Kier alpha value is -1.00. The fourth-order valence-corrected chi connectivity index (χ4v) is 2.33. The fourth-order valence-electron chi connectivity index (χ4n) is 2.33. The summed E-state index contributed by atoms with van der Waals surface area (Å²) in [6.45, 7) is 1.99. The van der Waals surface area contributed by atoms with Crippen LogP contribution < -0.4 is 5.73 Å². The normalized spacial score (nSPS) is 18.9. The standard InChI is InChI=1S/C12H16F2N2/c13-9-4-3-5-10(14)12(9)11(8-15)16-6-1-2-7-16/h3-5,11H,1-2,6-8,15H2. The Morgan fingerprint density at radius 1 is 1.19 bits per heavy atom. The molecular formula is C12H16F2N2. The minimum atomic E-state index is -0.498. The Balaban J connectivity index is 2.32. The van der Waals surface area contributed by atoms with E-state index >= 15 is 0 Å². The van der Waals surface area contributed by atoms with Gasteiger partial charge in [-0.25, -0.2) is 8.78 Å². The van der Waals surface area contributed by atoms with Crippen LogP contribution in [0.4, 0.5) is 8.78 Å². The van der Waals surface area contributed by atoms with Gasteiger partial charge in [0.1, 0.15) is 11.6 Å². The van der Waals surface area contributed by atoms with Crippen LogP contribution in [0.5, 0.6) is 0 Å². The average molecular weight is 226 g/mol. The molecule has 1 unspecified atom stereocenters. The van der Waals surface area contributed by atoms with Crippen LogP contribution in [0.2, 0.25) is 0 Å². The van der Waals surface area contributed by atoms with Crippen molar-refractivity contribution in [2.45, 2.75) is 18.9 Å². The lowest BCUT2D eigenvalue weighted by atomic mass is 10.0. The van der Waals surface area contributed by atoms with E-state index in [0.717, 1.165) is 25.9 Å². The number of benzene rings is 1. The predicted molar refractivity (Wildman–Crippen MR) is 59.0 cm³/mol. The van der Waals surface area contributed by atoms with Crippen LogP contribution in [0.25, 0.3) is 0 Å². The maximum atomic E-state index is 13.6. The molecule has 1 heterocycles. The molecule has 0 aliphatic carbocycles. The molecule has 0 spiro atoms. The van der Waals surface area contributed by atoms with Gasteiger partial charge >= 0.3 is 0 Å². The van der Waals surface area contributed by atoms with Gasteiger partial charge in [-0.3, -0.25) is 4.90 Å². The number of nitrogens with zero attached hydrogens (tertiary/aromatic N) is 1. The summed E-state index contributed by atoms with van der Waals surface area (Å²) in [5.41, 5.74) is 5.76. The third-order valence-corrected chi connectivity index (χ3v) is 3.14. The lowest BCUT2D eigenvalue weighted by molar-refractivity contribution is 0.240. The minimum Gasteiger partial charge on any atom is -0.329 e. The zero-order valence-electron chi connectivity index (χ0n) is 9.13. The molecule has 1 aliphatic rings. The van der Waals surface area contributed by atoms with Crippen molar-refractivity contribution in [2.75, 3.05) is 19.6 Å². The molecule has 2 nitrogen and oxygen atoms in total. The third-order valence-electron chi connectivity index (χ3n) is 3.14. The number of likely N-dealkylation sites (tertiary alicyclic amines) is 1. The lowest BCUT2D eigenvalue weighted by Gasteiger charge is -2.27. The van der Waals surface area contributed by atoms with E-state index in [1.54, 1.807) is 0 Å². The molecule has 1 aliphatic heterocycles. The zero-order chi connectivity index (χ0) is 11.5. The van der Waals surface area contributed by atoms with E-state index < -0.39 is 11.6 Å². The van der Waals surface area contributed by atoms with E-state index in [2.05, 4.69) is 4.90 Å². The number of nitrogens with two attached hydrogens (primary N) is 1. The highest BCUT2D eigenvalue weighted by Gasteiger charge is 2.26. The Kier molecular flexibility index (Phi) is 3.51. The van der Waals surface area contributed by atoms with E-state index in [1.165, 1.54) is 18.2 Å². The Labute approximate surface area is 94.0 Å². The molecule has 0 aromatic heterocycles. The van der Waals surface area contributed by atoms with Crippen molar-refractivity contribution in [3.63, 3.8) is 0 Å². The van der Waals surface area contributed by atoms with Crippen LogP contribution in [0.1, 0.15) is 24.4 Å². The monoisotopic (exact) mass is 226 g/mol. The first-order valence-electron chi connectivity index (χ1n) is 5.62. The molecule has 0 radical (unpaired) electrons. The maximum absolute atomic E-state index is 13.6. The molecule has 1 atom stereocenters. The first kappa shape index (κ1) is 11.5. The Morgan fingerprint density at radius 2 is 1.75 bits per heavy atom. The number of hydrogen-bond donors (Lipinski definition) is 1. The third kappa shape index (κ3) is 2.08. The number of rotatable bonds is 3. The molecule has 88 valence electrons. The summed E-state index contributed by atoms with van der Waals surface area (Å²) in [5, 5.41) is 0. The van der Waals surface area contributed by atoms with Crippen molar-refractivity contribution < 1.29 is 8.78 Å². The Bertz CT molecular complexity index is 342. The van der Waals surface area contributed by atoms with Crippen LogP contribution in [0.3, 0.4) is 0 Å². The summed E-state index contributed by atoms with van der Waals surface area (Å²) in [7, 11) is 0. The molecule has 1 aromatic rings. The summed E-state index contributed by atoms with van der Waals surface area (Å²) < 4.78 is 27.2. The fraction of sp³-hybridized carbons (Fsp3) is 0.500. The SMILES string of the molecule is NCC(c1c(F)cccc1F)N1CCCC1. The molecule has 1 fully saturated rings. The summed E-state index contributed by atoms with van der Waals surface area (Å²) >= 11 is 0. The van der Waals surface area contributed by atoms with Gasteiger partial charge in [-0.2, -0.15) is 0 Å². The predicted octanol–water partition coefficient (Wildman–Crippen LogP) is 2.06. The molecule has 16 heavy (non-hydrogen) atoms. The number of halogens is 2. The average Bonchev–Trinajstić information content (AvgIpc) is 2.77. The van der Waals surface area contributed by atoms with Crippen LogP contribution in [0.15, 0.2) is 18.2 Å². The second-order valence-corrected chi connectivity index (χ2v) is 4.13. The molecule has 0 saturated carbocycles. The second kappa shape index (κ2) is 4.89. The van der Waals surface area contributed by atoms with Gasteiger partial charge in [-0.05, 0) is 38.1 Å². The highest BCUT2D eigenvalue weighted by molar-refractivity contribution is 5.24. The molecule has 1 saturated heterocycles. The van der Waals surface area contributed by atoms with Gasteiger partial charge in [0.25, 0.3) is 0 Å². The van der Waals surface area contributed by atoms with Crippen molar-refractivity contribution in [2.24, 2.45) is 5.73 Å². The van der Waals surface area contributed by atoms with E-state index in [1.807, 2.05) is 0 Å². The molecule has 2 rings (SSSR count). The van der Waals surface area contributed by atoms with E-state index in [9.17, 15) is 8.78 Å². The molecule has 4 heteroatoms. The molecular weight excluding hydrogens is 210 g/mol. The molecule has 0 amide bonds. The van der Waals surface area contributed by atoms with Gasteiger partial charge in [0, 0.05) is 12.1 Å². The lowest BCUT2D eigenvalue weighted by Crippen LogP contribution is -2.32. The van der Waals surface area contributed by atoms with Crippen molar-refractivity contribution in [1.29, 1.82) is 0 Å². The number of hydrogen-bond acceptors (Lipinski definition) is 2. The quantitative estimate of drug-likeness (QED) is 0.854. The summed E-state index contributed by atoms with van der Waals surface area (Å²) in [6, 6.07) is 3.63. The largest absolute Gasteiger partial charge is 0.329 e. The van der Waals surface area contributed by atoms with Gasteiger partial charge in [-0.1, -0.05) is 6.07 Å². The topological polar surface area (TPSA) is 29.3 Å². The smallest absolute Gasteiger partial charge is 0.130 e.